The van der Waals surface area contributed by atoms with Crippen molar-refractivity contribution >= 4 is 17.1 Å². The van der Waals surface area contributed by atoms with Crippen LogP contribution < -0.4 is 0 Å². The fourth-order valence-corrected chi connectivity index (χ4v) is 2.51. The number of rotatable bonds is 5. The maximum atomic E-state index is 11.0. The van der Waals surface area contributed by atoms with Crippen LogP contribution in [0.1, 0.15) is 38.1 Å². The third-order valence-electron chi connectivity index (χ3n) is 2.84. The van der Waals surface area contributed by atoms with Crippen molar-refractivity contribution in [3.05, 3.63) is 22.4 Å². The summed E-state index contributed by atoms with van der Waals surface area (Å²) in [4.78, 5) is 14.7. The number of ketones is 1. The Bertz CT molecular complexity index is 307. The van der Waals surface area contributed by atoms with E-state index in [-0.39, 0.29) is 5.78 Å². The molecule has 0 bridgehead atoms. The third kappa shape index (κ3) is 3.43. The van der Waals surface area contributed by atoms with E-state index in [9.17, 15) is 4.79 Å². The van der Waals surface area contributed by atoms with Gasteiger partial charge < -0.3 is 0 Å². The van der Waals surface area contributed by atoms with E-state index in [1.807, 2.05) is 0 Å². The Hall–Kier alpha value is -0.670. The normalized spacial score (nSPS) is 15.3. The van der Waals surface area contributed by atoms with Crippen LogP contribution in [0.4, 0.5) is 0 Å². The van der Waals surface area contributed by atoms with Crippen molar-refractivity contribution in [1.29, 1.82) is 0 Å². The van der Waals surface area contributed by atoms with Crippen LogP contribution in [-0.2, 0) is 4.79 Å². The lowest BCUT2D eigenvalue weighted by molar-refractivity contribution is -0.118. The summed E-state index contributed by atoms with van der Waals surface area (Å²) in [5.41, 5.74) is 0. The zero-order valence-electron chi connectivity index (χ0n) is 9.86. The lowest BCUT2D eigenvalue weighted by Crippen LogP contribution is -2.32. The van der Waals surface area contributed by atoms with Crippen molar-refractivity contribution in [3.8, 4) is 0 Å². The van der Waals surface area contributed by atoms with Gasteiger partial charge in [0.25, 0.3) is 0 Å². The van der Waals surface area contributed by atoms with Crippen LogP contribution in [0.25, 0.3) is 0 Å². The maximum absolute atomic E-state index is 11.0. The van der Waals surface area contributed by atoms with E-state index in [1.54, 1.807) is 18.3 Å². The molecule has 0 aliphatic carbocycles. The van der Waals surface area contributed by atoms with Crippen LogP contribution in [-0.4, -0.2) is 23.8 Å². The second-order valence-electron chi connectivity index (χ2n) is 4.11. The van der Waals surface area contributed by atoms with Gasteiger partial charge in [-0.1, -0.05) is 6.07 Å². The molecule has 0 fully saturated rings. The molecule has 1 heterocycles. The van der Waals surface area contributed by atoms with Gasteiger partial charge in [-0.25, -0.2) is 0 Å². The van der Waals surface area contributed by atoms with Crippen LogP contribution in [0, 0.1) is 0 Å². The molecule has 0 amide bonds. The zero-order chi connectivity index (χ0) is 11.4. The van der Waals surface area contributed by atoms with Gasteiger partial charge >= 0.3 is 0 Å². The Labute approximate surface area is 95.9 Å². The van der Waals surface area contributed by atoms with Gasteiger partial charge in [0.1, 0.15) is 5.78 Å². The molecule has 0 saturated carbocycles. The molecule has 1 rings (SSSR count). The molecule has 0 saturated heterocycles. The average molecular weight is 225 g/mol. The first-order chi connectivity index (χ1) is 7.02. The molecule has 0 aromatic carbocycles. The van der Waals surface area contributed by atoms with Crippen LogP contribution in [0.5, 0.6) is 0 Å². The largest absolute Gasteiger partial charge is 0.300 e. The van der Waals surface area contributed by atoms with E-state index in [0.29, 0.717) is 18.5 Å². The molecule has 1 aromatic rings. The molecular weight excluding hydrogens is 206 g/mol. The SMILES string of the molecule is CC(=O)CC(C)N(C)C(C)c1cccs1. The molecule has 84 valence electrons. The highest BCUT2D eigenvalue weighted by Gasteiger charge is 2.18. The molecular formula is C12H19NOS. The quantitative estimate of drug-likeness (QED) is 0.767. The highest BCUT2D eigenvalue weighted by atomic mass is 32.1. The Balaban J connectivity index is 2.59. The number of Topliss-reactive ketones (excluding diaryl/α,β-unsaturated/α-hetero) is 1. The van der Waals surface area contributed by atoms with E-state index in [0.717, 1.165) is 0 Å². The van der Waals surface area contributed by atoms with E-state index in [2.05, 4.69) is 43.3 Å². The first kappa shape index (κ1) is 12.4. The molecule has 0 aliphatic heterocycles. The molecule has 2 unspecified atom stereocenters. The van der Waals surface area contributed by atoms with Gasteiger partial charge in [0.05, 0.1) is 0 Å². The van der Waals surface area contributed by atoms with Crippen molar-refractivity contribution in [2.75, 3.05) is 7.05 Å². The van der Waals surface area contributed by atoms with Crippen molar-refractivity contribution in [2.45, 2.75) is 39.3 Å². The maximum Gasteiger partial charge on any atom is 0.131 e. The first-order valence-electron chi connectivity index (χ1n) is 5.27. The molecule has 0 N–H and O–H groups in total. The minimum atomic E-state index is 0.257. The van der Waals surface area contributed by atoms with E-state index in [4.69, 9.17) is 0 Å². The Kier molecular flexibility index (Phi) is 4.48. The number of hydrogen-bond donors (Lipinski definition) is 0. The van der Waals surface area contributed by atoms with Gasteiger partial charge in [0.2, 0.25) is 0 Å². The molecule has 2 atom stereocenters. The summed E-state index contributed by atoms with van der Waals surface area (Å²) < 4.78 is 0. The number of nitrogens with zero attached hydrogens (tertiary/aromatic N) is 1. The number of hydrogen-bond acceptors (Lipinski definition) is 3. The smallest absolute Gasteiger partial charge is 0.131 e. The number of carbonyl (C=O) groups is 1. The summed E-state index contributed by atoms with van der Waals surface area (Å²) in [7, 11) is 2.08. The molecule has 2 nitrogen and oxygen atoms in total. The van der Waals surface area contributed by atoms with Gasteiger partial charge in [0.15, 0.2) is 0 Å². The fourth-order valence-electron chi connectivity index (χ4n) is 1.67. The second kappa shape index (κ2) is 5.42. The highest BCUT2D eigenvalue weighted by Crippen LogP contribution is 2.25. The number of carbonyl (C=O) groups excluding carboxylic acids is 1. The van der Waals surface area contributed by atoms with E-state index in [1.165, 1.54) is 4.88 Å². The van der Waals surface area contributed by atoms with Crippen LogP contribution in [0.15, 0.2) is 17.5 Å². The topological polar surface area (TPSA) is 20.3 Å². The predicted octanol–water partition coefficient (Wildman–Crippen LogP) is 3.11. The summed E-state index contributed by atoms with van der Waals surface area (Å²) in [6, 6.07) is 4.91. The van der Waals surface area contributed by atoms with Crippen LogP contribution in [0.3, 0.4) is 0 Å². The summed E-state index contributed by atoms with van der Waals surface area (Å²) in [5, 5.41) is 2.09. The van der Waals surface area contributed by atoms with Crippen molar-refractivity contribution in [1.82, 2.24) is 4.90 Å². The zero-order valence-corrected chi connectivity index (χ0v) is 10.7. The standard InChI is InChI=1S/C12H19NOS/c1-9(8-10(2)14)13(4)11(3)12-6-5-7-15-12/h5-7,9,11H,8H2,1-4H3. The third-order valence-corrected chi connectivity index (χ3v) is 3.89. The highest BCUT2D eigenvalue weighted by molar-refractivity contribution is 7.10. The van der Waals surface area contributed by atoms with Crippen molar-refractivity contribution < 1.29 is 4.79 Å². The molecule has 3 heteroatoms. The average Bonchev–Trinajstić information content (AvgIpc) is 2.67. The lowest BCUT2D eigenvalue weighted by atomic mass is 10.1. The Morgan fingerprint density at radius 2 is 2.20 bits per heavy atom. The minimum Gasteiger partial charge on any atom is -0.300 e. The molecule has 15 heavy (non-hydrogen) atoms. The minimum absolute atomic E-state index is 0.257. The predicted molar refractivity (Wildman–Crippen MR) is 65.3 cm³/mol. The second-order valence-corrected chi connectivity index (χ2v) is 5.09. The van der Waals surface area contributed by atoms with Crippen LogP contribution >= 0.6 is 11.3 Å². The van der Waals surface area contributed by atoms with Crippen molar-refractivity contribution in [3.63, 3.8) is 0 Å². The summed E-state index contributed by atoms with van der Waals surface area (Å²) in [6.07, 6.45) is 0.631. The van der Waals surface area contributed by atoms with Gasteiger partial charge in [-0.05, 0) is 39.3 Å². The number of thiophene rings is 1. The summed E-state index contributed by atoms with van der Waals surface area (Å²) in [5.74, 6) is 0.257. The molecule has 0 aliphatic rings. The fraction of sp³-hybridized carbons (Fsp3) is 0.583. The van der Waals surface area contributed by atoms with Gasteiger partial charge in [-0.3, -0.25) is 9.69 Å². The first-order valence-corrected chi connectivity index (χ1v) is 6.15. The molecule has 0 radical (unpaired) electrons. The molecule has 0 spiro atoms. The summed E-state index contributed by atoms with van der Waals surface area (Å²) in [6.45, 7) is 5.94. The van der Waals surface area contributed by atoms with E-state index >= 15 is 0 Å². The Morgan fingerprint density at radius 1 is 1.53 bits per heavy atom. The van der Waals surface area contributed by atoms with Gasteiger partial charge in [-0.2, -0.15) is 0 Å². The van der Waals surface area contributed by atoms with Gasteiger partial charge in [0, 0.05) is 23.4 Å². The summed E-state index contributed by atoms with van der Waals surface area (Å²) >= 11 is 1.77. The van der Waals surface area contributed by atoms with E-state index < -0.39 is 0 Å². The molecule has 1 aromatic heterocycles. The lowest BCUT2D eigenvalue weighted by Gasteiger charge is -2.29. The Morgan fingerprint density at radius 3 is 2.67 bits per heavy atom. The van der Waals surface area contributed by atoms with Gasteiger partial charge in [-0.15, -0.1) is 11.3 Å². The van der Waals surface area contributed by atoms with Crippen LogP contribution in [0.2, 0.25) is 0 Å². The monoisotopic (exact) mass is 225 g/mol. The van der Waals surface area contributed by atoms with Crippen molar-refractivity contribution in [2.24, 2.45) is 0 Å².